The van der Waals surface area contributed by atoms with Gasteiger partial charge in [-0.2, -0.15) is 0 Å². The van der Waals surface area contributed by atoms with E-state index in [1.165, 1.54) is 6.07 Å². The van der Waals surface area contributed by atoms with Crippen LogP contribution in [0.1, 0.15) is 30.6 Å². The standard InChI is InChI=1S/C15H16F2N2OS2/c1-3-15-19-13(7-22-15)9(2)18-14(20)8-21-10-4-5-11(16)12(17)6-10/h4-7,9H,3,8H2,1-2H3,(H,18,20). The molecule has 1 heterocycles. The van der Waals surface area contributed by atoms with E-state index >= 15 is 0 Å². The van der Waals surface area contributed by atoms with Crippen molar-refractivity contribution < 1.29 is 13.6 Å². The van der Waals surface area contributed by atoms with Gasteiger partial charge in [-0.1, -0.05) is 6.92 Å². The molecule has 0 saturated carbocycles. The van der Waals surface area contributed by atoms with Crippen molar-refractivity contribution in [1.29, 1.82) is 0 Å². The van der Waals surface area contributed by atoms with Crippen molar-refractivity contribution in [2.24, 2.45) is 0 Å². The number of hydrogen-bond acceptors (Lipinski definition) is 4. The maximum Gasteiger partial charge on any atom is 0.230 e. The second-order valence-electron chi connectivity index (χ2n) is 4.67. The van der Waals surface area contributed by atoms with E-state index in [0.717, 1.165) is 41.0 Å². The van der Waals surface area contributed by atoms with Crippen LogP contribution >= 0.6 is 23.1 Å². The minimum Gasteiger partial charge on any atom is -0.347 e. The number of carbonyl (C=O) groups excluding carboxylic acids is 1. The third-order valence-corrected chi connectivity index (χ3v) is 4.96. The molecule has 0 fully saturated rings. The molecule has 0 bridgehead atoms. The van der Waals surface area contributed by atoms with Gasteiger partial charge in [0, 0.05) is 10.3 Å². The highest BCUT2D eigenvalue weighted by Crippen LogP contribution is 2.21. The lowest BCUT2D eigenvalue weighted by Gasteiger charge is -2.11. The molecule has 2 aromatic rings. The van der Waals surface area contributed by atoms with E-state index in [1.807, 2.05) is 19.2 Å². The van der Waals surface area contributed by atoms with Crippen molar-refractivity contribution in [3.8, 4) is 0 Å². The minimum absolute atomic E-state index is 0.139. The molecule has 0 saturated heterocycles. The molecule has 0 spiro atoms. The molecule has 7 heteroatoms. The van der Waals surface area contributed by atoms with E-state index in [0.29, 0.717) is 4.90 Å². The van der Waals surface area contributed by atoms with E-state index < -0.39 is 11.6 Å². The second kappa shape index (κ2) is 7.69. The molecule has 3 nitrogen and oxygen atoms in total. The summed E-state index contributed by atoms with van der Waals surface area (Å²) >= 11 is 2.74. The van der Waals surface area contributed by atoms with Crippen molar-refractivity contribution in [3.63, 3.8) is 0 Å². The molecule has 22 heavy (non-hydrogen) atoms. The summed E-state index contributed by atoms with van der Waals surface area (Å²) < 4.78 is 25.9. The number of benzene rings is 1. The molecule has 2 rings (SSSR count). The smallest absolute Gasteiger partial charge is 0.230 e. The van der Waals surface area contributed by atoms with Crippen LogP contribution in [0.2, 0.25) is 0 Å². The van der Waals surface area contributed by atoms with E-state index in [2.05, 4.69) is 10.3 Å². The summed E-state index contributed by atoms with van der Waals surface area (Å²) in [5.74, 6) is -1.83. The lowest BCUT2D eigenvalue weighted by molar-refractivity contribution is -0.119. The fourth-order valence-electron chi connectivity index (χ4n) is 1.76. The Bertz CT molecular complexity index is 661. The molecule has 1 aromatic carbocycles. The first-order valence-corrected chi connectivity index (χ1v) is 8.67. The van der Waals surface area contributed by atoms with Crippen molar-refractivity contribution in [2.45, 2.75) is 31.2 Å². The molecule has 1 N–H and O–H groups in total. The summed E-state index contributed by atoms with van der Waals surface area (Å²) in [6.07, 6.45) is 0.872. The fraction of sp³-hybridized carbons (Fsp3) is 0.333. The molecule has 0 aliphatic heterocycles. The Hall–Kier alpha value is -1.47. The Balaban J connectivity index is 1.85. The van der Waals surface area contributed by atoms with Crippen LogP contribution in [0.4, 0.5) is 8.78 Å². The van der Waals surface area contributed by atoms with Crippen LogP contribution in [0, 0.1) is 11.6 Å². The summed E-state index contributed by atoms with van der Waals surface area (Å²) in [7, 11) is 0. The van der Waals surface area contributed by atoms with Gasteiger partial charge in [-0.05, 0) is 31.5 Å². The fourth-order valence-corrected chi connectivity index (χ4v) is 3.33. The number of aromatic nitrogens is 1. The summed E-state index contributed by atoms with van der Waals surface area (Å²) in [5, 5.41) is 5.82. The van der Waals surface area contributed by atoms with Gasteiger partial charge in [-0.15, -0.1) is 23.1 Å². The largest absolute Gasteiger partial charge is 0.347 e. The van der Waals surface area contributed by atoms with Gasteiger partial charge in [0.15, 0.2) is 11.6 Å². The highest BCUT2D eigenvalue weighted by Gasteiger charge is 2.13. The first kappa shape index (κ1) is 16.9. The monoisotopic (exact) mass is 342 g/mol. The molecular weight excluding hydrogens is 326 g/mol. The van der Waals surface area contributed by atoms with Crippen molar-refractivity contribution in [1.82, 2.24) is 10.3 Å². The third kappa shape index (κ3) is 4.51. The van der Waals surface area contributed by atoms with Crippen LogP contribution in [0.5, 0.6) is 0 Å². The number of nitrogens with zero attached hydrogens (tertiary/aromatic N) is 1. The highest BCUT2D eigenvalue weighted by atomic mass is 32.2. The topological polar surface area (TPSA) is 42.0 Å². The van der Waals surface area contributed by atoms with Crippen LogP contribution in [0.15, 0.2) is 28.5 Å². The van der Waals surface area contributed by atoms with Gasteiger partial charge in [0.25, 0.3) is 0 Å². The average molecular weight is 342 g/mol. The number of halogens is 2. The molecule has 1 amide bonds. The van der Waals surface area contributed by atoms with Crippen LogP contribution in [-0.2, 0) is 11.2 Å². The molecule has 0 aliphatic rings. The van der Waals surface area contributed by atoms with E-state index in [-0.39, 0.29) is 17.7 Å². The molecule has 0 aliphatic carbocycles. The number of nitrogens with one attached hydrogen (secondary N) is 1. The molecule has 1 unspecified atom stereocenters. The van der Waals surface area contributed by atoms with Crippen molar-refractivity contribution in [3.05, 3.63) is 45.9 Å². The van der Waals surface area contributed by atoms with Gasteiger partial charge in [-0.3, -0.25) is 4.79 Å². The third-order valence-electron chi connectivity index (χ3n) is 2.95. The van der Waals surface area contributed by atoms with Crippen LogP contribution in [-0.4, -0.2) is 16.6 Å². The maximum absolute atomic E-state index is 13.1. The van der Waals surface area contributed by atoms with E-state index in [1.54, 1.807) is 11.3 Å². The van der Waals surface area contributed by atoms with Gasteiger partial charge in [0.1, 0.15) is 0 Å². The van der Waals surface area contributed by atoms with Crippen LogP contribution in [0.25, 0.3) is 0 Å². The number of aryl methyl sites for hydroxylation is 1. The second-order valence-corrected chi connectivity index (χ2v) is 6.66. The molecule has 118 valence electrons. The number of amides is 1. The quantitative estimate of drug-likeness (QED) is 0.808. The number of rotatable bonds is 6. The molecular formula is C15H16F2N2OS2. The summed E-state index contributed by atoms with van der Waals surface area (Å²) in [5.41, 5.74) is 0.841. The lowest BCUT2D eigenvalue weighted by Crippen LogP contribution is -2.28. The molecule has 1 atom stereocenters. The number of thioether (sulfide) groups is 1. The first-order chi connectivity index (χ1) is 10.5. The van der Waals surface area contributed by atoms with Crippen LogP contribution in [0.3, 0.4) is 0 Å². The zero-order valence-corrected chi connectivity index (χ0v) is 13.9. The van der Waals surface area contributed by atoms with E-state index in [9.17, 15) is 13.6 Å². The Morgan fingerprint density at radius 3 is 2.82 bits per heavy atom. The summed E-state index contributed by atoms with van der Waals surface area (Å²) in [6, 6.07) is 3.42. The van der Waals surface area contributed by atoms with Crippen LogP contribution < -0.4 is 5.32 Å². The number of carbonyl (C=O) groups is 1. The number of hydrogen-bond donors (Lipinski definition) is 1. The summed E-state index contributed by atoms with van der Waals surface area (Å²) in [4.78, 5) is 16.8. The van der Waals surface area contributed by atoms with Gasteiger partial charge < -0.3 is 5.32 Å². The zero-order chi connectivity index (χ0) is 16.1. The lowest BCUT2D eigenvalue weighted by atomic mass is 10.2. The van der Waals surface area contributed by atoms with Crippen molar-refractivity contribution >= 4 is 29.0 Å². The summed E-state index contributed by atoms with van der Waals surface area (Å²) in [6.45, 7) is 3.90. The Morgan fingerprint density at radius 2 is 2.18 bits per heavy atom. The first-order valence-electron chi connectivity index (χ1n) is 6.81. The molecule has 0 radical (unpaired) electrons. The predicted molar refractivity (Wildman–Crippen MR) is 85.1 cm³/mol. The zero-order valence-electron chi connectivity index (χ0n) is 12.2. The SMILES string of the molecule is CCc1nc(C(C)NC(=O)CSc2ccc(F)c(F)c2)cs1. The van der Waals surface area contributed by atoms with Gasteiger partial charge in [-0.25, -0.2) is 13.8 Å². The minimum atomic E-state index is -0.909. The normalized spacial score (nSPS) is 12.2. The molecule has 1 aromatic heterocycles. The van der Waals surface area contributed by atoms with Crippen molar-refractivity contribution in [2.75, 3.05) is 5.75 Å². The van der Waals surface area contributed by atoms with Gasteiger partial charge in [0.2, 0.25) is 5.91 Å². The highest BCUT2D eigenvalue weighted by molar-refractivity contribution is 8.00. The average Bonchev–Trinajstić information content (AvgIpc) is 2.97. The maximum atomic E-state index is 13.1. The Labute approximate surface area is 136 Å². The number of thiazole rings is 1. The van der Waals surface area contributed by atoms with E-state index in [4.69, 9.17) is 0 Å². The Morgan fingerprint density at radius 1 is 1.41 bits per heavy atom. The predicted octanol–water partition coefficient (Wildman–Crippen LogP) is 3.95. The Kier molecular flexibility index (Phi) is 5.90. The van der Waals surface area contributed by atoms with Gasteiger partial charge in [0.05, 0.1) is 22.5 Å². The van der Waals surface area contributed by atoms with Gasteiger partial charge >= 0.3 is 0 Å².